The van der Waals surface area contributed by atoms with Gasteiger partial charge < -0.3 is 23.7 Å². The lowest BCUT2D eigenvalue weighted by Crippen LogP contribution is -2.50. The van der Waals surface area contributed by atoms with Crippen LogP contribution in [0.25, 0.3) is 0 Å². The molecule has 0 radical (unpaired) electrons. The van der Waals surface area contributed by atoms with Crippen LogP contribution in [0.3, 0.4) is 0 Å². The summed E-state index contributed by atoms with van der Waals surface area (Å²) in [4.78, 5) is 12.1. The van der Waals surface area contributed by atoms with Crippen LogP contribution in [0.4, 0.5) is 0 Å². The Kier molecular flexibility index (Phi) is 9.13. The third-order valence-corrected chi connectivity index (χ3v) is 2.86. The molecule has 6 nitrogen and oxygen atoms in total. The molecule has 0 aromatic rings. The molecule has 0 rings (SSSR count). The second kappa shape index (κ2) is 9.41. The first kappa shape index (κ1) is 17.5. The summed E-state index contributed by atoms with van der Waals surface area (Å²) in [5, 5.41) is 0. The van der Waals surface area contributed by atoms with Crippen molar-refractivity contribution in [2.24, 2.45) is 0 Å². The molecular formula is C12H24O6. The van der Waals surface area contributed by atoms with Gasteiger partial charge in [0.2, 0.25) is 0 Å². The largest absolute Gasteiger partial charge is 0.382 e. The molecule has 0 aromatic carbocycles. The lowest BCUT2D eigenvalue weighted by molar-refractivity contribution is -0.160. The first-order valence-electron chi connectivity index (χ1n) is 5.71. The fourth-order valence-corrected chi connectivity index (χ4v) is 1.69. The van der Waals surface area contributed by atoms with Crippen molar-refractivity contribution in [3.8, 4) is 0 Å². The fraction of sp³-hybridized carbons (Fsp3) is 0.917. The molecule has 0 aliphatic carbocycles. The Labute approximate surface area is 108 Å². The molecule has 0 aliphatic rings. The maximum atomic E-state index is 12.1. The highest BCUT2D eigenvalue weighted by Gasteiger charge is 2.37. The average molecular weight is 264 g/mol. The molecule has 0 fully saturated rings. The van der Waals surface area contributed by atoms with Crippen molar-refractivity contribution >= 4 is 5.78 Å². The van der Waals surface area contributed by atoms with Gasteiger partial charge >= 0.3 is 0 Å². The molecule has 4 atom stereocenters. The van der Waals surface area contributed by atoms with Crippen LogP contribution >= 0.6 is 0 Å². The minimum atomic E-state index is -0.759. The summed E-state index contributed by atoms with van der Waals surface area (Å²) >= 11 is 0. The molecule has 0 saturated carbocycles. The van der Waals surface area contributed by atoms with Gasteiger partial charge in [0.05, 0.1) is 6.61 Å². The molecular weight excluding hydrogens is 240 g/mol. The normalized spacial score (nSPS) is 18.1. The number of rotatable bonds is 10. The Hall–Kier alpha value is -0.530. The highest BCUT2D eigenvalue weighted by molar-refractivity contribution is 5.87. The number of carbonyl (C=O) groups is 1. The Morgan fingerprint density at radius 2 is 1.56 bits per heavy atom. The van der Waals surface area contributed by atoms with Crippen LogP contribution in [0.15, 0.2) is 0 Å². The first-order chi connectivity index (χ1) is 8.56. The lowest BCUT2D eigenvalue weighted by atomic mass is 10.0. The predicted octanol–water partition coefficient (Wildman–Crippen LogP) is 0.282. The molecule has 0 bridgehead atoms. The van der Waals surface area contributed by atoms with Gasteiger partial charge in [0, 0.05) is 35.5 Å². The summed E-state index contributed by atoms with van der Waals surface area (Å²) in [5.74, 6) is -0.190. The smallest absolute Gasteiger partial charge is 0.192 e. The number of hydrogen-bond donors (Lipinski definition) is 0. The Morgan fingerprint density at radius 1 is 0.944 bits per heavy atom. The van der Waals surface area contributed by atoms with Crippen molar-refractivity contribution in [1.82, 2.24) is 0 Å². The molecule has 0 amide bonds. The Balaban J connectivity index is 4.90. The molecule has 0 spiro atoms. The van der Waals surface area contributed by atoms with Crippen molar-refractivity contribution in [3.05, 3.63) is 0 Å². The second-order valence-corrected chi connectivity index (χ2v) is 3.87. The Bertz CT molecular complexity index is 233. The van der Waals surface area contributed by atoms with Gasteiger partial charge in [0.25, 0.3) is 0 Å². The van der Waals surface area contributed by atoms with Gasteiger partial charge in [-0.05, 0) is 6.92 Å². The van der Waals surface area contributed by atoms with E-state index in [9.17, 15) is 4.79 Å². The summed E-state index contributed by atoms with van der Waals surface area (Å²) in [7, 11) is 7.52. The van der Waals surface area contributed by atoms with E-state index >= 15 is 0 Å². The molecule has 18 heavy (non-hydrogen) atoms. The molecule has 108 valence electrons. The zero-order valence-corrected chi connectivity index (χ0v) is 12.0. The summed E-state index contributed by atoms with van der Waals surface area (Å²) in [6, 6.07) is 0. The van der Waals surface area contributed by atoms with Crippen LogP contribution < -0.4 is 0 Å². The number of hydrogen-bond acceptors (Lipinski definition) is 6. The van der Waals surface area contributed by atoms with Crippen LogP contribution in [-0.2, 0) is 28.5 Å². The summed E-state index contributed by atoms with van der Waals surface area (Å²) in [6.45, 7) is 1.97. The van der Waals surface area contributed by atoms with E-state index in [1.54, 1.807) is 14.0 Å². The van der Waals surface area contributed by atoms with Crippen molar-refractivity contribution < 1.29 is 28.5 Å². The lowest BCUT2D eigenvalue weighted by Gasteiger charge is -2.30. The third-order valence-electron chi connectivity index (χ3n) is 2.86. The quantitative estimate of drug-likeness (QED) is 0.565. The molecule has 0 heterocycles. The van der Waals surface area contributed by atoms with Gasteiger partial charge in [-0.1, -0.05) is 0 Å². The van der Waals surface area contributed by atoms with E-state index in [2.05, 4.69) is 0 Å². The van der Waals surface area contributed by atoms with Gasteiger partial charge in [-0.15, -0.1) is 0 Å². The zero-order chi connectivity index (χ0) is 14.1. The topological polar surface area (TPSA) is 63.2 Å². The number of carbonyl (C=O) groups excluding carboxylic acids is 1. The van der Waals surface area contributed by atoms with E-state index in [-0.39, 0.29) is 5.78 Å². The van der Waals surface area contributed by atoms with Gasteiger partial charge in [-0.25, -0.2) is 0 Å². The number of ketones is 1. The van der Waals surface area contributed by atoms with Crippen molar-refractivity contribution in [2.45, 2.75) is 31.3 Å². The molecule has 6 heteroatoms. The highest BCUT2D eigenvalue weighted by atomic mass is 16.6. The fourth-order valence-electron chi connectivity index (χ4n) is 1.69. The number of methoxy groups -OCH3 is 5. The minimum Gasteiger partial charge on any atom is -0.382 e. The van der Waals surface area contributed by atoms with Crippen molar-refractivity contribution in [1.29, 1.82) is 0 Å². The summed E-state index contributed by atoms with van der Waals surface area (Å²) < 4.78 is 25.9. The van der Waals surface area contributed by atoms with Crippen LogP contribution in [-0.4, -0.2) is 72.4 Å². The van der Waals surface area contributed by atoms with Gasteiger partial charge in [-0.3, -0.25) is 4.79 Å². The monoisotopic (exact) mass is 264 g/mol. The highest BCUT2D eigenvalue weighted by Crippen LogP contribution is 2.14. The van der Waals surface area contributed by atoms with Gasteiger partial charge in [0.1, 0.15) is 24.4 Å². The minimum absolute atomic E-state index is 0.190. The van der Waals surface area contributed by atoms with E-state index < -0.39 is 24.4 Å². The third kappa shape index (κ3) is 4.62. The van der Waals surface area contributed by atoms with Crippen LogP contribution in [0.2, 0.25) is 0 Å². The molecule has 0 saturated heterocycles. The van der Waals surface area contributed by atoms with Gasteiger partial charge in [-0.2, -0.15) is 0 Å². The first-order valence-corrected chi connectivity index (χ1v) is 5.71. The van der Waals surface area contributed by atoms with E-state index in [0.29, 0.717) is 6.61 Å². The van der Waals surface area contributed by atoms with E-state index in [0.717, 1.165) is 0 Å². The van der Waals surface area contributed by atoms with E-state index in [4.69, 9.17) is 23.7 Å². The Morgan fingerprint density at radius 3 is 1.89 bits per heavy atom. The molecule has 1 unspecified atom stereocenters. The van der Waals surface area contributed by atoms with Crippen LogP contribution in [0.5, 0.6) is 0 Å². The SMILES string of the molecule is COC[C@@H](OC)[C@H](OC)[C@@H](OC)C(=O)C(C)OC. The van der Waals surface area contributed by atoms with Crippen LogP contribution in [0, 0.1) is 0 Å². The zero-order valence-electron chi connectivity index (χ0n) is 12.0. The molecule has 0 N–H and O–H groups in total. The standard InChI is InChI=1S/C12H24O6/c1-8(15-3)10(13)12(18-6)11(17-5)9(16-4)7-14-2/h8-9,11-12H,7H2,1-6H3/t8?,9-,11+,12+/m1/s1. The van der Waals surface area contributed by atoms with Crippen molar-refractivity contribution in [2.75, 3.05) is 42.2 Å². The summed E-state index contributed by atoms with van der Waals surface area (Å²) in [6.07, 6.45) is -2.26. The average Bonchev–Trinajstić information content (AvgIpc) is 2.40. The predicted molar refractivity (Wildman–Crippen MR) is 65.7 cm³/mol. The number of Topliss-reactive ketones (excluding diaryl/α,β-unsaturated/α-hetero) is 1. The molecule has 0 aliphatic heterocycles. The second-order valence-electron chi connectivity index (χ2n) is 3.87. The van der Waals surface area contributed by atoms with Crippen LogP contribution in [0.1, 0.15) is 6.92 Å². The van der Waals surface area contributed by atoms with E-state index in [1.165, 1.54) is 28.4 Å². The summed E-state index contributed by atoms with van der Waals surface area (Å²) in [5.41, 5.74) is 0. The molecule has 0 aromatic heterocycles. The van der Waals surface area contributed by atoms with Gasteiger partial charge in [0.15, 0.2) is 5.78 Å². The van der Waals surface area contributed by atoms with E-state index in [1.807, 2.05) is 0 Å². The number of ether oxygens (including phenoxy) is 5. The maximum absolute atomic E-state index is 12.1. The maximum Gasteiger partial charge on any atom is 0.192 e. The van der Waals surface area contributed by atoms with Crippen molar-refractivity contribution in [3.63, 3.8) is 0 Å².